The van der Waals surface area contributed by atoms with E-state index in [0.717, 1.165) is 24.6 Å². The zero-order valence-electron chi connectivity index (χ0n) is 15.0. The summed E-state index contributed by atoms with van der Waals surface area (Å²) in [6.07, 6.45) is -3.77. The molecule has 0 aliphatic carbocycles. The van der Waals surface area contributed by atoms with Gasteiger partial charge in [-0.1, -0.05) is 18.5 Å². The average Bonchev–Trinajstić information content (AvgIpc) is 2.63. The summed E-state index contributed by atoms with van der Waals surface area (Å²) >= 11 is 5.81. The molecule has 0 heterocycles. The molecular weight excluding hydrogens is 399 g/mol. The molecule has 0 atom stereocenters. The molecule has 0 bridgehead atoms. The van der Waals surface area contributed by atoms with Gasteiger partial charge in [0.2, 0.25) is 0 Å². The largest absolute Gasteiger partial charge is 0.507 e. The number of amides is 1. The van der Waals surface area contributed by atoms with E-state index in [1.54, 1.807) is 0 Å². The number of phenols is 1. The highest BCUT2D eigenvalue weighted by Crippen LogP contribution is 2.35. The number of ether oxygens (including phenoxy) is 2. The van der Waals surface area contributed by atoms with Crippen LogP contribution in [-0.4, -0.2) is 30.8 Å². The zero-order valence-corrected chi connectivity index (χ0v) is 15.7. The molecule has 0 fully saturated rings. The highest BCUT2D eigenvalue weighted by atomic mass is 35.5. The number of nitrogens with one attached hydrogen (secondary N) is 1. The van der Waals surface area contributed by atoms with Crippen LogP contribution in [0.3, 0.4) is 0 Å². The Kier molecular flexibility index (Phi) is 7.53. The SMILES string of the molecule is CCCOCCOc1ccc(C(F)(F)F)cc1NC(=O)c1cc(Cl)ccc1O. The molecule has 2 aromatic rings. The molecule has 28 heavy (non-hydrogen) atoms. The Morgan fingerprint density at radius 3 is 2.57 bits per heavy atom. The van der Waals surface area contributed by atoms with E-state index >= 15 is 0 Å². The van der Waals surface area contributed by atoms with E-state index in [4.69, 9.17) is 21.1 Å². The van der Waals surface area contributed by atoms with Gasteiger partial charge in [-0.25, -0.2) is 0 Å². The van der Waals surface area contributed by atoms with Crippen LogP contribution in [0.1, 0.15) is 29.3 Å². The minimum Gasteiger partial charge on any atom is -0.507 e. The molecule has 0 saturated heterocycles. The molecule has 0 radical (unpaired) electrons. The van der Waals surface area contributed by atoms with Crippen molar-refractivity contribution in [2.75, 3.05) is 25.1 Å². The van der Waals surface area contributed by atoms with Crippen molar-refractivity contribution in [1.29, 1.82) is 0 Å². The molecule has 0 saturated carbocycles. The first-order chi connectivity index (χ1) is 13.2. The molecule has 1 amide bonds. The molecule has 0 aliphatic rings. The van der Waals surface area contributed by atoms with E-state index in [-0.39, 0.29) is 41.0 Å². The smallest absolute Gasteiger partial charge is 0.416 e. The lowest BCUT2D eigenvalue weighted by Gasteiger charge is -2.16. The van der Waals surface area contributed by atoms with Crippen molar-refractivity contribution in [2.24, 2.45) is 0 Å². The van der Waals surface area contributed by atoms with E-state index in [2.05, 4.69) is 5.32 Å². The molecule has 0 aromatic heterocycles. The fourth-order valence-electron chi connectivity index (χ4n) is 2.27. The third kappa shape index (κ3) is 6.03. The van der Waals surface area contributed by atoms with Gasteiger partial charge >= 0.3 is 6.18 Å². The first-order valence-corrected chi connectivity index (χ1v) is 8.81. The lowest BCUT2D eigenvalue weighted by Crippen LogP contribution is -2.15. The second-order valence-electron chi connectivity index (χ2n) is 5.79. The van der Waals surface area contributed by atoms with Crippen LogP contribution in [0.15, 0.2) is 36.4 Å². The molecule has 2 aromatic carbocycles. The van der Waals surface area contributed by atoms with Gasteiger partial charge in [0.05, 0.1) is 23.4 Å². The van der Waals surface area contributed by atoms with Crippen LogP contribution in [0.2, 0.25) is 5.02 Å². The second-order valence-corrected chi connectivity index (χ2v) is 6.22. The first-order valence-electron chi connectivity index (χ1n) is 8.44. The van der Waals surface area contributed by atoms with Gasteiger partial charge in [0.15, 0.2) is 0 Å². The highest BCUT2D eigenvalue weighted by Gasteiger charge is 2.31. The number of phenolic OH excluding ortho intramolecular Hbond substituents is 1. The van der Waals surface area contributed by atoms with Gasteiger partial charge in [-0.3, -0.25) is 4.79 Å². The average molecular weight is 418 g/mol. The molecule has 9 heteroatoms. The van der Waals surface area contributed by atoms with Gasteiger partial charge in [-0.2, -0.15) is 13.2 Å². The number of carbonyl (C=O) groups excluding carboxylic acids is 1. The fourth-order valence-corrected chi connectivity index (χ4v) is 2.44. The number of hydrogen-bond acceptors (Lipinski definition) is 4. The van der Waals surface area contributed by atoms with E-state index in [9.17, 15) is 23.1 Å². The van der Waals surface area contributed by atoms with Gasteiger partial charge in [-0.15, -0.1) is 0 Å². The van der Waals surface area contributed by atoms with E-state index in [0.29, 0.717) is 6.61 Å². The van der Waals surface area contributed by atoms with Crippen molar-refractivity contribution < 1.29 is 32.5 Å². The summed E-state index contributed by atoms with van der Waals surface area (Å²) in [5.74, 6) is -1.14. The highest BCUT2D eigenvalue weighted by molar-refractivity contribution is 6.31. The third-order valence-corrected chi connectivity index (χ3v) is 3.83. The van der Waals surface area contributed by atoms with Crippen LogP contribution in [0, 0.1) is 0 Å². The predicted octanol–water partition coefficient (Wildman–Crippen LogP) is 5.12. The third-order valence-electron chi connectivity index (χ3n) is 3.59. The van der Waals surface area contributed by atoms with Crippen LogP contribution in [-0.2, 0) is 10.9 Å². The molecule has 5 nitrogen and oxygen atoms in total. The topological polar surface area (TPSA) is 67.8 Å². The summed E-state index contributed by atoms with van der Waals surface area (Å²) in [5, 5.41) is 12.3. The van der Waals surface area contributed by atoms with Crippen molar-refractivity contribution >= 4 is 23.2 Å². The number of benzene rings is 2. The number of anilines is 1. The number of halogens is 4. The van der Waals surface area contributed by atoms with E-state index in [1.165, 1.54) is 18.2 Å². The predicted molar refractivity (Wildman–Crippen MR) is 99.1 cm³/mol. The summed E-state index contributed by atoms with van der Waals surface area (Å²) in [6, 6.07) is 6.54. The number of hydrogen-bond donors (Lipinski definition) is 2. The number of aromatic hydroxyl groups is 1. The Labute approximate surface area is 165 Å². The standard InChI is InChI=1S/C19H19ClF3NO4/c1-2-7-27-8-9-28-17-6-3-12(19(21,22)23)10-15(17)24-18(26)14-11-13(20)4-5-16(14)25/h3-6,10-11,25H,2,7-9H2,1H3,(H,24,26). The summed E-state index contributed by atoms with van der Waals surface area (Å²) in [4.78, 5) is 12.4. The Bertz CT molecular complexity index is 827. The minimum atomic E-state index is -4.60. The summed E-state index contributed by atoms with van der Waals surface area (Å²) in [7, 11) is 0. The molecular formula is C19H19ClF3NO4. The van der Waals surface area contributed by atoms with Gasteiger partial charge in [0.25, 0.3) is 5.91 Å². The Balaban J connectivity index is 2.25. The van der Waals surface area contributed by atoms with Crippen LogP contribution in [0.5, 0.6) is 11.5 Å². The lowest BCUT2D eigenvalue weighted by atomic mass is 10.1. The maximum atomic E-state index is 13.0. The van der Waals surface area contributed by atoms with Crippen LogP contribution < -0.4 is 10.1 Å². The first kappa shape index (κ1) is 21.8. The molecule has 152 valence electrons. The Morgan fingerprint density at radius 2 is 1.89 bits per heavy atom. The lowest BCUT2D eigenvalue weighted by molar-refractivity contribution is -0.137. The Morgan fingerprint density at radius 1 is 1.14 bits per heavy atom. The van der Waals surface area contributed by atoms with Crippen LogP contribution >= 0.6 is 11.6 Å². The monoisotopic (exact) mass is 417 g/mol. The van der Waals surface area contributed by atoms with Crippen molar-refractivity contribution in [1.82, 2.24) is 0 Å². The van der Waals surface area contributed by atoms with Crippen LogP contribution in [0.25, 0.3) is 0 Å². The summed E-state index contributed by atoms with van der Waals surface area (Å²) in [5.41, 5.74) is -1.32. The van der Waals surface area contributed by atoms with E-state index < -0.39 is 17.6 Å². The number of carbonyl (C=O) groups is 1. The van der Waals surface area contributed by atoms with Gasteiger partial charge < -0.3 is 19.9 Å². The molecule has 0 spiro atoms. The zero-order chi connectivity index (χ0) is 20.7. The second kappa shape index (κ2) is 9.66. The van der Waals surface area contributed by atoms with Crippen LogP contribution in [0.4, 0.5) is 18.9 Å². The Hall–Kier alpha value is -2.45. The fraction of sp³-hybridized carbons (Fsp3) is 0.316. The number of rotatable bonds is 8. The number of alkyl halides is 3. The maximum Gasteiger partial charge on any atom is 0.416 e. The van der Waals surface area contributed by atoms with Gasteiger partial charge in [0.1, 0.15) is 18.1 Å². The maximum absolute atomic E-state index is 13.0. The van der Waals surface area contributed by atoms with E-state index in [1.807, 2.05) is 6.92 Å². The minimum absolute atomic E-state index is 0.0444. The quantitative estimate of drug-likeness (QED) is 0.585. The van der Waals surface area contributed by atoms with Crippen molar-refractivity contribution in [3.05, 3.63) is 52.5 Å². The normalized spacial score (nSPS) is 11.3. The summed E-state index contributed by atoms with van der Waals surface area (Å²) < 4.78 is 49.8. The van der Waals surface area contributed by atoms with Gasteiger partial charge in [0, 0.05) is 11.6 Å². The van der Waals surface area contributed by atoms with Crippen molar-refractivity contribution in [3.63, 3.8) is 0 Å². The van der Waals surface area contributed by atoms with Crippen molar-refractivity contribution in [2.45, 2.75) is 19.5 Å². The van der Waals surface area contributed by atoms with Gasteiger partial charge in [-0.05, 0) is 42.8 Å². The molecule has 2 N–H and O–H groups in total. The summed E-state index contributed by atoms with van der Waals surface area (Å²) in [6.45, 7) is 2.82. The molecule has 0 aliphatic heterocycles. The van der Waals surface area contributed by atoms with Crippen molar-refractivity contribution in [3.8, 4) is 11.5 Å². The molecule has 2 rings (SSSR count). The molecule has 0 unspecified atom stereocenters.